The van der Waals surface area contributed by atoms with Gasteiger partial charge in [0.15, 0.2) is 0 Å². The number of hydrogen-bond acceptors (Lipinski definition) is 7. The molecular weight excluding hydrogens is 438 g/mol. The second-order valence-corrected chi connectivity index (χ2v) is 10.6. The third-order valence-electron chi connectivity index (χ3n) is 6.34. The number of anilines is 4. The van der Waals surface area contributed by atoms with Crippen molar-refractivity contribution in [3.63, 3.8) is 0 Å². The van der Waals surface area contributed by atoms with E-state index in [1.165, 1.54) is 11.1 Å². The standard InChI is InChI=1S/C27H33N7O/c1-16-12-17-8-9-20(13-18(17)14-28-16)31-26-29-15-21(25(35)30-19-10-11-19)24(34-26)33-23-7-5-6-22(32-23)27(2,3)4/h5-9,13,15-16,19,28H,10-12,14H2,1-4H3,(H,30,35)(H2,29,31,32,33,34). The number of nitrogens with one attached hydrogen (secondary N) is 4. The number of aromatic nitrogens is 3. The maximum absolute atomic E-state index is 12.9. The van der Waals surface area contributed by atoms with Crippen LogP contribution < -0.4 is 21.3 Å². The summed E-state index contributed by atoms with van der Waals surface area (Å²) in [5.74, 6) is 1.30. The fraction of sp³-hybridized carbons (Fsp3) is 0.407. The van der Waals surface area contributed by atoms with Crippen LogP contribution in [0, 0.1) is 0 Å². The highest BCUT2D eigenvalue weighted by atomic mass is 16.1. The lowest BCUT2D eigenvalue weighted by Gasteiger charge is -2.23. The average molecular weight is 472 g/mol. The Hall–Kier alpha value is -3.52. The Bertz CT molecular complexity index is 1250. The third kappa shape index (κ3) is 5.59. The van der Waals surface area contributed by atoms with Gasteiger partial charge in [-0.25, -0.2) is 9.97 Å². The van der Waals surface area contributed by atoms with E-state index in [0.717, 1.165) is 37.2 Å². The number of amides is 1. The van der Waals surface area contributed by atoms with Gasteiger partial charge < -0.3 is 21.3 Å². The molecule has 0 radical (unpaired) electrons. The number of fused-ring (bicyclic) bond motifs is 1. The molecule has 4 N–H and O–H groups in total. The molecule has 1 saturated carbocycles. The van der Waals surface area contributed by atoms with E-state index < -0.39 is 0 Å². The summed E-state index contributed by atoms with van der Waals surface area (Å²) in [6, 6.07) is 12.9. The van der Waals surface area contributed by atoms with Gasteiger partial charge in [0, 0.05) is 41.6 Å². The highest BCUT2D eigenvalue weighted by molar-refractivity contribution is 5.99. The van der Waals surface area contributed by atoms with Crippen LogP contribution in [0.5, 0.6) is 0 Å². The predicted octanol–water partition coefficient (Wildman–Crippen LogP) is 4.58. The summed E-state index contributed by atoms with van der Waals surface area (Å²) in [4.78, 5) is 26.8. The minimum atomic E-state index is -0.178. The normalized spacial score (nSPS) is 17.4. The second-order valence-electron chi connectivity index (χ2n) is 10.6. The van der Waals surface area contributed by atoms with Crippen molar-refractivity contribution in [1.29, 1.82) is 0 Å². The average Bonchev–Trinajstić information content (AvgIpc) is 3.63. The number of rotatable bonds is 6. The molecule has 182 valence electrons. The molecule has 5 rings (SSSR count). The molecule has 1 aliphatic heterocycles. The maximum atomic E-state index is 12.9. The maximum Gasteiger partial charge on any atom is 0.256 e. The molecule has 0 saturated heterocycles. The van der Waals surface area contributed by atoms with Crippen LogP contribution in [0.15, 0.2) is 42.6 Å². The zero-order valence-corrected chi connectivity index (χ0v) is 20.8. The van der Waals surface area contributed by atoms with Crippen molar-refractivity contribution in [1.82, 2.24) is 25.6 Å². The van der Waals surface area contributed by atoms with Crippen molar-refractivity contribution in [2.24, 2.45) is 0 Å². The topological polar surface area (TPSA) is 104 Å². The van der Waals surface area contributed by atoms with Crippen LogP contribution >= 0.6 is 0 Å². The summed E-state index contributed by atoms with van der Waals surface area (Å²) in [7, 11) is 0. The fourth-order valence-electron chi connectivity index (χ4n) is 4.12. The molecule has 2 aliphatic rings. The molecule has 3 heterocycles. The van der Waals surface area contributed by atoms with Crippen molar-refractivity contribution >= 4 is 29.2 Å². The Kier molecular flexibility index (Phi) is 6.15. The second kappa shape index (κ2) is 9.26. The van der Waals surface area contributed by atoms with E-state index in [9.17, 15) is 4.79 Å². The van der Waals surface area contributed by atoms with Crippen LogP contribution in [-0.2, 0) is 18.4 Å². The highest BCUT2D eigenvalue weighted by Gasteiger charge is 2.26. The van der Waals surface area contributed by atoms with E-state index >= 15 is 0 Å². The Morgan fingerprint density at radius 1 is 1.06 bits per heavy atom. The molecule has 35 heavy (non-hydrogen) atoms. The number of benzene rings is 1. The van der Waals surface area contributed by atoms with Gasteiger partial charge in [0.05, 0.1) is 0 Å². The van der Waals surface area contributed by atoms with Crippen molar-refractivity contribution in [3.05, 3.63) is 65.0 Å². The van der Waals surface area contributed by atoms with Crippen LogP contribution in [0.4, 0.5) is 23.3 Å². The molecule has 3 aromatic rings. The summed E-state index contributed by atoms with van der Waals surface area (Å²) >= 11 is 0. The SMILES string of the molecule is CC1Cc2ccc(Nc3ncc(C(=O)NC4CC4)c(Nc4cccc(C(C)(C)C)n4)n3)cc2CN1. The van der Waals surface area contributed by atoms with Crippen molar-refractivity contribution in [2.45, 2.75) is 71.0 Å². The van der Waals surface area contributed by atoms with Gasteiger partial charge in [0.2, 0.25) is 5.95 Å². The van der Waals surface area contributed by atoms with Gasteiger partial charge in [-0.05, 0) is 61.6 Å². The van der Waals surface area contributed by atoms with E-state index in [2.05, 4.69) is 77.1 Å². The van der Waals surface area contributed by atoms with Crippen LogP contribution in [0.25, 0.3) is 0 Å². The summed E-state index contributed by atoms with van der Waals surface area (Å²) in [5.41, 5.74) is 4.80. The van der Waals surface area contributed by atoms with Crippen molar-refractivity contribution in [3.8, 4) is 0 Å². The van der Waals surface area contributed by atoms with Crippen LogP contribution in [-0.4, -0.2) is 32.9 Å². The number of pyridine rings is 1. The van der Waals surface area contributed by atoms with Gasteiger partial charge in [0.1, 0.15) is 17.2 Å². The fourth-order valence-corrected chi connectivity index (χ4v) is 4.12. The molecule has 8 nitrogen and oxygen atoms in total. The van der Waals surface area contributed by atoms with Gasteiger partial charge in [-0.2, -0.15) is 4.98 Å². The Balaban J connectivity index is 1.43. The third-order valence-corrected chi connectivity index (χ3v) is 6.34. The molecule has 1 fully saturated rings. The van der Waals surface area contributed by atoms with E-state index in [4.69, 9.17) is 4.98 Å². The Labute approximate surface area is 206 Å². The van der Waals surface area contributed by atoms with Gasteiger partial charge >= 0.3 is 0 Å². The minimum absolute atomic E-state index is 0.0959. The van der Waals surface area contributed by atoms with Gasteiger partial charge in [-0.3, -0.25) is 4.79 Å². The summed E-state index contributed by atoms with van der Waals surface area (Å²) in [6.45, 7) is 9.40. The van der Waals surface area contributed by atoms with E-state index in [-0.39, 0.29) is 17.4 Å². The lowest BCUT2D eigenvalue weighted by molar-refractivity contribution is 0.0951. The minimum Gasteiger partial charge on any atom is -0.349 e. The van der Waals surface area contributed by atoms with E-state index in [1.54, 1.807) is 6.20 Å². The molecule has 1 amide bonds. The van der Waals surface area contributed by atoms with E-state index in [0.29, 0.717) is 29.2 Å². The molecule has 0 spiro atoms. The van der Waals surface area contributed by atoms with E-state index in [1.807, 2.05) is 18.2 Å². The van der Waals surface area contributed by atoms with Gasteiger partial charge in [-0.1, -0.05) is 32.9 Å². The summed E-state index contributed by atoms with van der Waals surface area (Å²) < 4.78 is 0. The monoisotopic (exact) mass is 471 g/mol. The van der Waals surface area contributed by atoms with Gasteiger partial charge in [0.25, 0.3) is 5.91 Å². The molecule has 1 atom stereocenters. The summed E-state index contributed by atoms with van der Waals surface area (Å²) in [6.07, 6.45) is 4.61. The zero-order chi connectivity index (χ0) is 24.6. The van der Waals surface area contributed by atoms with Crippen LogP contribution in [0.2, 0.25) is 0 Å². The molecule has 1 aromatic carbocycles. The molecule has 0 bridgehead atoms. The first kappa shape index (κ1) is 23.2. The Morgan fingerprint density at radius 2 is 1.89 bits per heavy atom. The number of nitrogens with zero attached hydrogens (tertiary/aromatic N) is 3. The first-order chi connectivity index (χ1) is 16.7. The lowest BCUT2D eigenvalue weighted by Crippen LogP contribution is -2.32. The predicted molar refractivity (Wildman–Crippen MR) is 138 cm³/mol. The number of carbonyl (C=O) groups is 1. The smallest absolute Gasteiger partial charge is 0.256 e. The molecule has 8 heteroatoms. The first-order valence-corrected chi connectivity index (χ1v) is 12.3. The van der Waals surface area contributed by atoms with Gasteiger partial charge in [-0.15, -0.1) is 0 Å². The van der Waals surface area contributed by atoms with Crippen molar-refractivity contribution < 1.29 is 4.79 Å². The summed E-state index contributed by atoms with van der Waals surface area (Å²) in [5, 5.41) is 13.1. The lowest BCUT2D eigenvalue weighted by atomic mass is 9.92. The number of hydrogen-bond donors (Lipinski definition) is 4. The Morgan fingerprint density at radius 3 is 2.66 bits per heavy atom. The molecule has 1 unspecified atom stereocenters. The van der Waals surface area contributed by atoms with Crippen LogP contribution in [0.3, 0.4) is 0 Å². The first-order valence-electron chi connectivity index (χ1n) is 12.3. The molecular formula is C27H33N7O. The zero-order valence-electron chi connectivity index (χ0n) is 20.8. The largest absolute Gasteiger partial charge is 0.349 e. The molecule has 2 aromatic heterocycles. The number of carbonyl (C=O) groups excluding carboxylic acids is 1. The van der Waals surface area contributed by atoms with Crippen LogP contribution in [0.1, 0.15) is 67.7 Å². The quantitative estimate of drug-likeness (QED) is 0.417. The molecule has 1 aliphatic carbocycles. The highest BCUT2D eigenvalue weighted by Crippen LogP contribution is 2.27. The van der Waals surface area contributed by atoms with Crippen molar-refractivity contribution in [2.75, 3.05) is 10.6 Å².